The Morgan fingerprint density at radius 3 is 2.15 bits per heavy atom. The summed E-state index contributed by atoms with van der Waals surface area (Å²) in [5.41, 5.74) is 0. The molecule has 0 fully saturated rings. The van der Waals surface area contributed by atoms with E-state index >= 15 is 0 Å². The molecule has 2 atom stereocenters. The monoisotopic (exact) mass is 317 g/mol. The first-order valence-corrected chi connectivity index (χ1v) is 9.88. The van der Waals surface area contributed by atoms with Crippen molar-refractivity contribution in [3.8, 4) is 0 Å². The molecule has 4 nitrogen and oxygen atoms in total. The molecule has 0 aliphatic rings. The van der Waals surface area contributed by atoms with Gasteiger partial charge < -0.3 is 5.32 Å². The Morgan fingerprint density at radius 2 is 1.75 bits per heavy atom. The zero-order valence-corrected chi connectivity index (χ0v) is 14.1. The summed E-state index contributed by atoms with van der Waals surface area (Å²) in [6.07, 6.45) is 1.17. The summed E-state index contributed by atoms with van der Waals surface area (Å²) in [5, 5.41) is 3.33. The highest BCUT2D eigenvalue weighted by atomic mass is 32.2. The van der Waals surface area contributed by atoms with Crippen LogP contribution in [0.1, 0.15) is 20.8 Å². The Labute approximate surface area is 124 Å². The van der Waals surface area contributed by atoms with Crippen molar-refractivity contribution in [2.24, 2.45) is 5.92 Å². The van der Waals surface area contributed by atoms with Crippen LogP contribution < -0.4 is 5.32 Å². The average molecular weight is 317 g/mol. The van der Waals surface area contributed by atoms with Crippen molar-refractivity contribution in [3.05, 3.63) is 24.3 Å². The molecule has 0 aliphatic heterocycles. The van der Waals surface area contributed by atoms with Gasteiger partial charge in [-0.05, 0) is 36.7 Å². The molecule has 114 valence electrons. The van der Waals surface area contributed by atoms with Gasteiger partial charge in [-0.25, -0.2) is 8.42 Å². The Hall–Kier alpha value is -0.720. The second kappa shape index (κ2) is 7.33. The van der Waals surface area contributed by atoms with Crippen molar-refractivity contribution in [2.75, 3.05) is 18.6 Å². The average Bonchev–Trinajstić information content (AvgIpc) is 2.37. The second-order valence-electron chi connectivity index (χ2n) is 5.16. The van der Waals surface area contributed by atoms with Crippen molar-refractivity contribution < 1.29 is 12.6 Å². The van der Waals surface area contributed by atoms with Crippen LogP contribution in [0, 0.1) is 5.92 Å². The molecule has 1 N–H and O–H groups in total. The molecule has 0 saturated heterocycles. The first-order chi connectivity index (χ1) is 9.25. The van der Waals surface area contributed by atoms with Gasteiger partial charge in [-0.2, -0.15) is 0 Å². The lowest BCUT2D eigenvalue weighted by atomic mass is 10.1. The lowest BCUT2D eigenvalue weighted by molar-refractivity contribution is 0.440. The Balaban J connectivity index is 2.82. The number of hydrogen-bond acceptors (Lipinski definition) is 4. The minimum absolute atomic E-state index is 0.190. The van der Waals surface area contributed by atoms with E-state index in [0.717, 1.165) is 6.54 Å². The Kier molecular flexibility index (Phi) is 6.36. The van der Waals surface area contributed by atoms with Crippen LogP contribution in [0.2, 0.25) is 0 Å². The molecule has 0 amide bonds. The van der Waals surface area contributed by atoms with Gasteiger partial charge in [-0.15, -0.1) is 0 Å². The highest BCUT2D eigenvalue weighted by Crippen LogP contribution is 2.15. The number of benzene rings is 1. The molecule has 0 spiro atoms. The third-order valence-electron chi connectivity index (χ3n) is 3.12. The molecule has 1 aromatic rings. The van der Waals surface area contributed by atoms with E-state index in [0.29, 0.717) is 16.6 Å². The van der Waals surface area contributed by atoms with Gasteiger partial charge in [0.25, 0.3) is 0 Å². The standard InChI is InChI=1S/C14H23NO3S2/c1-5-15-14(11(2)3)10-19(16)12-6-8-13(9-7-12)20(4,17)18/h6-9,11,14-15H,5,10H2,1-4H3. The van der Waals surface area contributed by atoms with E-state index < -0.39 is 20.6 Å². The normalized spacial score (nSPS) is 15.2. The van der Waals surface area contributed by atoms with Gasteiger partial charge in [0.15, 0.2) is 9.84 Å². The summed E-state index contributed by atoms with van der Waals surface area (Å²) in [6, 6.07) is 6.49. The van der Waals surface area contributed by atoms with Crippen molar-refractivity contribution >= 4 is 20.6 Å². The number of nitrogens with one attached hydrogen (secondary N) is 1. The molecular formula is C14H23NO3S2. The fourth-order valence-corrected chi connectivity index (χ4v) is 3.94. The lowest BCUT2D eigenvalue weighted by Crippen LogP contribution is -2.38. The first-order valence-electron chi connectivity index (χ1n) is 6.67. The van der Waals surface area contributed by atoms with Gasteiger partial charge in [0.2, 0.25) is 0 Å². The Bertz CT molecular complexity index is 550. The second-order valence-corrected chi connectivity index (χ2v) is 8.68. The minimum Gasteiger partial charge on any atom is -0.313 e. The van der Waals surface area contributed by atoms with Crippen LogP contribution in [0.25, 0.3) is 0 Å². The maximum atomic E-state index is 12.3. The molecular weight excluding hydrogens is 294 g/mol. The van der Waals surface area contributed by atoms with Gasteiger partial charge in [-0.3, -0.25) is 4.21 Å². The maximum Gasteiger partial charge on any atom is 0.175 e. The van der Waals surface area contributed by atoms with Gasteiger partial charge in [-0.1, -0.05) is 20.8 Å². The summed E-state index contributed by atoms with van der Waals surface area (Å²) in [5.74, 6) is 0.929. The van der Waals surface area contributed by atoms with Gasteiger partial charge in [0, 0.05) is 22.9 Å². The molecule has 1 rings (SSSR count). The SMILES string of the molecule is CCNC(CS(=O)c1ccc(S(C)(=O)=O)cc1)C(C)C. The predicted octanol–water partition coefficient (Wildman–Crippen LogP) is 1.83. The van der Waals surface area contributed by atoms with Crippen molar-refractivity contribution in [1.29, 1.82) is 0 Å². The van der Waals surface area contributed by atoms with Gasteiger partial charge >= 0.3 is 0 Å². The summed E-state index contributed by atoms with van der Waals surface area (Å²) in [7, 11) is -4.33. The van der Waals surface area contributed by atoms with Crippen molar-refractivity contribution in [3.63, 3.8) is 0 Å². The van der Waals surface area contributed by atoms with Crippen LogP contribution in [-0.4, -0.2) is 37.2 Å². The highest BCUT2D eigenvalue weighted by molar-refractivity contribution is 7.90. The summed E-state index contributed by atoms with van der Waals surface area (Å²) < 4.78 is 35.1. The van der Waals surface area contributed by atoms with E-state index in [9.17, 15) is 12.6 Å². The summed E-state index contributed by atoms with van der Waals surface area (Å²) in [4.78, 5) is 0.922. The molecule has 0 aliphatic carbocycles. The predicted molar refractivity (Wildman–Crippen MR) is 83.1 cm³/mol. The van der Waals surface area contributed by atoms with Crippen LogP contribution >= 0.6 is 0 Å². The van der Waals surface area contributed by atoms with E-state index in [1.165, 1.54) is 18.4 Å². The molecule has 0 saturated carbocycles. The fourth-order valence-electron chi connectivity index (χ4n) is 1.85. The quantitative estimate of drug-likeness (QED) is 0.833. The van der Waals surface area contributed by atoms with E-state index in [-0.39, 0.29) is 10.9 Å². The number of hydrogen-bond donors (Lipinski definition) is 1. The summed E-state index contributed by atoms with van der Waals surface area (Å²) >= 11 is 0. The third kappa shape index (κ3) is 5.00. The zero-order valence-electron chi connectivity index (χ0n) is 12.4. The van der Waals surface area contributed by atoms with Crippen molar-refractivity contribution in [2.45, 2.75) is 36.6 Å². The first kappa shape index (κ1) is 17.3. The molecule has 0 bridgehead atoms. The van der Waals surface area contributed by atoms with Gasteiger partial charge in [0.05, 0.1) is 15.7 Å². The summed E-state index contributed by atoms with van der Waals surface area (Å²) in [6.45, 7) is 7.06. The van der Waals surface area contributed by atoms with Crippen LogP contribution in [-0.2, 0) is 20.6 Å². The maximum absolute atomic E-state index is 12.3. The molecule has 0 heterocycles. The highest BCUT2D eigenvalue weighted by Gasteiger charge is 2.17. The Morgan fingerprint density at radius 1 is 1.20 bits per heavy atom. The van der Waals surface area contributed by atoms with E-state index in [2.05, 4.69) is 19.2 Å². The van der Waals surface area contributed by atoms with E-state index in [4.69, 9.17) is 0 Å². The largest absolute Gasteiger partial charge is 0.313 e. The molecule has 20 heavy (non-hydrogen) atoms. The third-order valence-corrected chi connectivity index (χ3v) is 5.71. The molecule has 0 aromatic heterocycles. The number of rotatable bonds is 7. The van der Waals surface area contributed by atoms with Crippen LogP contribution in [0.15, 0.2) is 34.1 Å². The van der Waals surface area contributed by atoms with E-state index in [1.54, 1.807) is 12.1 Å². The minimum atomic E-state index is -3.20. The topological polar surface area (TPSA) is 63.2 Å². The van der Waals surface area contributed by atoms with Gasteiger partial charge in [0.1, 0.15) is 0 Å². The fraction of sp³-hybridized carbons (Fsp3) is 0.571. The lowest BCUT2D eigenvalue weighted by Gasteiger charge is -2.21. The smallest absolute Gasteiger partial charge is 0.175 e. The molecule has 2 unspecified atom stereocenters. The molecule has 0 radical (unpaired) electrons. The number of sulfone groups is 1. The van der Waals surface area contributed by atoms with Crippen molar-refractivity contribution in [1.82, 2.24) is 5.32 Å². The van der Waals surface area contributed by atoms with Crippen LogP contribution in [0.4, 0.5) is 0 Å². The van der Waals surface area contributed by atoms with Crippen LogP contribution in [0.5, 0.6) is 0 Å². The molecule has 6 heteroatoms. The van der Waals surface area contributed by atoms with Crippen LogP contribution in [0.3, 0.4) is 0 Å². The van der Waals surface area contributed by atoms with E-state index in [1.807, 2.05) is 6.92 Å². The molecule has 1 aromatic carbocycles. The zero-order chi connectivity index (χ0) is 15.3.